The topological polar surface area (TPSA) is 198 Å². The number of halogens is 2. The molecule has 3 aliphatic heterocycles. The number of hydrogen-bond acceptors (Lipinski definition) is 10. The summed E-state index contributed by atoms with van der Waals surface area (Å²) in [5.74, 6) is 0.747. The number of carbonyl (C=O) groups excluding carboxylic acids is 4. The zero-order chi connectivity index (χ0) is 50.4. The summed E-state index contributed by atoms with van der Waals surface area (Å²) >= 11 is 0. The maximum absolute atomic E-state index is 15.1. The van der Waals surface area contributed by atoms with Crippen molar-refractivity contribution in [1.29, 1.82) is 0 Å². The molecule has 374 valence electrons. The summed E-state index contributed by atoms with van der Waals surface area (Å²) in [6.07, 6.45) is -1.30. The van der Waals surface area contributed by atoms with E-state index in [9.17, 15) is 19.2 Å². The molecular formula is C52H59F2N9O8. The van der Waals surface area contributed by atoms with Crippen LogP contribution in [0.4, 0.5) is 18.4 Å². The number of benzene rings is 3. The molecule has 19 heteroatoms. The van der Waals surface area contributed by atoms with Crippen LogP contribution in [0.15, 0.2) is 79.1 Å². The molecule has 9 rings (SSSR count). The third-order valence-electron chi connectivity index (χ3n) is 13.4. The van der Waals surface area contributed by atoms with E-state index in [1.165, 1.54) is 24.0 Å². The van der Waals surface area contributed by atoms with Crippen molar-refractivity contribution in [2.75, 3.05) is 27.3 Å². The van der Waals surface area contributed by atoms with E-state index in [2.05, 4.69) is 41.2 Å². The van der Waals surface area contributed by atoms with Crippen LogP contribution in [0, 0.1) is 11.8 Å². The number of likely N-dealkylation sites (tertiary alicyclic amines) is 2. The van der Waals surface area contributed by atoms with E-state index in [1.54, 1.807) is 40.1 Å². The largest absolute Gasteiger partial charge is 0.491 e. The number of aromatic amines is 2. The van der Waals surface area contributed by atoms with Gasteiger partial charge in [0, 0.05) is 40.5 Å². The van der Waals surface area contributed by atoms with Crippen LogP contribution in [0.2, 0.25) is 0 Å². The first-order valence-electron chi connectivity index (χ1n) is 23.9. The van der Waals surface area contributed by atoms with Gasteiger partial charge in [0.15, 0.2) is 0 Å². The molecule has 0 spiro atoms. The molecule has 0 aliphatic carbocycles. The summed E-state index contributed by atoms with van der Waals surface area (Å²) in [7, 11) is 2.45. The van der Waals surface area contributed by atoms with Gasteiger partial charge in [-0.05, 0) is 68.1 Å². The van der Waals surface area contributed by atoms with Gasteiger partial charge >= 0.3 is 12.2 Å². The van der Waals surface area contributed by atoms with Gasteiger partial charge in [-0.2, -0.15) is 0 Å². The van der Waals surface area contributed by atoms with Gasteiger partial charge in [0.05, 0.1) is 80.5 Å². The molecule has 71 heavy (non-hydrogen) atoms. The summed E-state index contributed by atoms with van der Waals surface area (Å²) in [5.41, 5.74) is 6.35. The van der Waals surface area contributed by atoms with Crippen LogP contribution in [-0.2, 0) is 19.1 Å². The Morgan fingerprint density at radius 3 is 1.80 bits per heavy atom. The second-order valence-corrected chi connectivity index (χ2v) is 19.4. The second-order valence-electron chi connectivity index (χ2n) is 19.4. The molecule has 6 aromatic rings. The molecule has 6 heterocycles. The van der Waals surface area contributed by atoms with Crippen LogP contribution in [0.25, 0.3) is 44.7 Å². The van der Waals surface area contributed by atoms with E-state index in [0.29, 0.717) is 34.5 Å². The van der Waals surface area contributed by atoms with Gasteiger partial charge in [-0.25, -0.2) is 28.3 Å². The van der Waals surface area contributed by atoms with Crippen molar-refractivity contribution in [3.8, 4) is 45.3 Å². The van der Waals surface area contributed by atoms with Crippen molar-refractivity contribution in [3.63, 3.8) is 0 Å². The Labute approximate surface area is 409 Å². The summed E-state index contributed by atoms with van der Waals surface area (Å²) in [6.45, 7) is 10.9. The van der Waals surface area contributed by atoms with Crippen LogP contribution in [0.3, 0.4) is 0 Å². The van der Waals surface area contributed by atoms with Gasteiger partial charge in [0.25, 0.3) is 0 Å². The van der Waals surface area contributed by atoms with Gasteiger partial charge in [0.2, 0.25) is 18.0 Å². The number of methoxy groups -OCH3 is 2. The van der Waals surface area contributed by atoms with Crippen LogP contribution in [0.5, 0.6) is 11.5 Å². The number of alkyl halides is 2. The first-order valence-corrected chi connectivity index (χ1v) is 23.9. The minimum absolute atomic E-state index is 0.0419. The van der Waals surface area contributed by atoms with E-state index < -0.39 is 66.7 Å². The molecule has 3 aromatic carbocycles. The lowest BCUT2D eigenvalue weighted by molar-refractivity contribution is -0.136. The van der Waals surface area contributed by atoms with Crippen LogP contribution >= 0.6 is 0 Å². The number of H-pyrrole nitrogens is 2. The summed E-state index contributed by atoms with van der Waals surface area (Å²) in [4.78, 5) is 70.8. The molecule has 4 amide bonds. The molecule has 0 radical (unpaired) electrons. The lowest BCUT2D eigenvalue weighted by Gasteiger charge is -2.31. The van der Waals surface area contributed by atoms with Crippen molar-refractivity contribution < 1.29 is 46.9 Å². The monoisotopic (exact) mass is 975 g/mol. The van der Waals surface area contributed by atoms with Gasteiger partial charge in [-0.15, -0.1) is 0 Å². The summed E-state index contributed by atoms with van der Waals surface area (Å²) in [5, 5.41) is 6.12. The van der Waals surface area contributed by atoms with E-state index in [1.807, 2.05) is 74.5 Å². The smallest absolute Gasteiger partial charge is 0.407 e. The Hall–Kier alpha value is -7.44. The molecular weight excluding hydrogens is 917 g/mol. The van der Waals surface area contributed by atoms with Crippen molar-refractivity contribution in [2.45, 2.75) is 103 Å². The van der Waals surface area contributed by atoms with Gasteiger partial charge in [0.1, 0.15) is 47.6 Å². The lowest BCUT2D eigenvalue weighted by atomic mass is 10.0. The van der Waals surface area contributed by atoms with Gasteiger partial charge < -0.3 is 53.9 Å². The number of ether oxygens (including phenoxy) is 4. The highest BCUT2D eigenvalue weighted by molar-refractivity contribution is 5.93. The molecule has 2 saturated heterocycles. The molecule has 1 unspecified atom stereocenters. The minimum atomic E-state index is -1.28. The Morgan fingerprint density at radius 2 is 1.27 bits per heavy atom. The predicted molar refractivity (Wildman–Crippen MR) is 260 cm³/mol. The number of carbonyl (C=O) groups is 4. The molecule has 3 aromatic heterocycles. The molecule has 0 bridgehead atoms. The quantitative estimate of drug-likeness (QED) is 0.0868. The fourth-order valence-electron chi connectivity index (χ4n) is 9.90. The molecule has 7 atom stereocenters. The zero-order valence-electron chi connectivity index (χ0n) is 40.9. The van der Waals surface area contributed by atoms with Crippen molar-refractivity contribution in [3.05, 3.63) is 96.3 Å². The summed E-state index contributed by atoms with van der Waals surface area (Å²) < 4.78 is 55.0. The number of rotatable bonds is 13. The SMILES string of the molecule is COC(=O)N[C@@H](C(=O)N1C[C@H](F)C[C@H]1c1ncc(-c2ccc3c(c2)OC(c2cccc(OC(C)C)c2)n2c-3cc3cc(-c4cnc([C@@H]5C[C@@H](F)CN5C(=O)[C@H](NC(=O)OC)C(C)C)[nH]4)ccc32)[nH]1)C(C)C. The number of imidazole rings is 2. The van der Waals surface area contributed by atoms with E-state index in [-0.39, 0.29) is 43.9 Å². The highest BCUT2D eigenvalue weighted by Gasteiger charge is 2.43. The van der Waals surface area contributed by atoms with E-state index in [0.717, 1.165) is 38.9 Å². The minimum Gasteiger partial charge on any atom is -0.491 e. The highest BCUT2D eigenvalue weighted by atomic mass is 19.1. The molecule has 4 N–H and O–H groups in total. The van der Waals surface area contributed by atoms with Crippen LogP contribution < -0.4 is 20.1 Å². The highest BCUT2D eigenvalue weighted by Crippen LogP contribution is 2.47. The van der Waals surface area contributed by atoms with Crippen molar-refractivity contribution >= 4 is 34.9 Å². The third kappa shape index (κ3) is 9.60. The first-order chi connectivity index (χ1) is 34.0. The number of alkyl carbamates (subject to hydrolysis) is 2. The second kappa shape index (κ2) is 19.8. The van der Waals surface area contributed by atoms with Crippen LogP contribution in [0.1, 0.15) is 89.9 Å². The van der Waals surface area contributed by atoms with Crippen molar-refractivity contribution in [2.24, 2.45) is 11.8 Å². The van der Waals surface area contributed by atoms with Crippen molar-refractivity contribution in [1.82, 2.24) is 44.9 Å². The average molecular weight is 976 g/mol. The predicted octanol–water partition coefficient (Wildman–Crippen LogP) is 8.80. The molecule has 3 aliphatic rings. The fourth-order valence-corrected chi connectivity index (χ4v) is 9.90. The van der Waals surface area contributed by atoms with Gasteiger partial charge in [-0.1, -0.05) is 52.0 Å². The van der Waals surface area contributed by atoms with Crippen LogP contribution in [-0.4, -0.2) is 116 Å². The Balaban J connectivity index is 1.04. The third-order valence-corrected chi connectivity index (χ3v) is 13.4. The average Bonchev–Trinajstić information content (AvgIpc) is 4.21. The lowest BCUT2D eigenvalue weighted by Crippen LogP contribution is -2.51. The number of amides is 4. The van der Waals surface area contributed by atoms with Gasteiger partial charge in [-0.3, -0.25) is 9.59 Å². The standard InChI is InChI=1S/C52H59F2N9O8/c1-26(2)44(59-51(66)68-7)48(64)61-24-33(53)20-41(61)46-55-22-37(57-46)29-13-15-39-32(16-29)18-40-36-14-12-30(19-43(36)71-50(63(39)40)31-10-9-11-35(17-31)70-28(5)6)38-23-56-47(58-38)42-21-34(54)25-62(42)49(65)45(27(3)4)60-52(67)69-8/h9-19,22-23,26-28,33-34,41-42,44-45,50H,20-21,24-25H2,1-8H3,(H,55,57)(H,56,58)(H,59,66)(H,60,67)/t33-,34-,41+,42+,44-,45-,50?/m1/s1. The number of aromatic nitrogens is 5. The summed E-state index contributed by atoms with van der Waals surface area (Å²) in [6, 6.07) is 18.6. The molecule has 0 saturated carbocycles. The first kappa shape index (κ1) is 48.6. The number of nitrogens with one attached hydrogen (secondary N) is 4. The number of hydrogen-bond donors (Lipinski definition) is 4. The molecule has 2 fully saturated rings. The molecule has 17 nitrogen and oxygen atoms in total. The Bertz CT molecular complexity index is 2970. The fraction of sp³-hybridized carbons (Fsp3) is 0.423. The number of nitrogens with zero attached hydrogens (tertiary/aromatic N) is 5. The Kier molecular flexibility index (Phi) is 13.5. The zero-order valence-corrected chi connectivity index (χ0v) is 40.9. The van der Waals surface area contributed by atoms with E-state index >= 15 is 8.78 Å². The maximum Gasteiger partial charge on any atom is 0.407 e. The van der Waals surface area contributed by atoms with E-state index in [4.69, 9.17) is 18.9 Å². The Morgan fingerprint density at radius 1 is 0.718 bits per heavy atom. The number of fused-ring (bicyclic) bond motifs is 5. The normalized spacial score (nSPS) is 20.4. The maximum atomic E-state index is 15.1.